The van der Waals surface area contributed by atoms with Crippen molar-refractivity contribution in [2.24, 2.45) is 10.7 Å². The Balaban J connectivity index is 3.35. The second kappa shape index (κ2) is 8.48. The smallest absolute Gasteiger partial charge is 0.303 e. The first-order valence-electron chi connectivity index (χ1n) is 6.70. The topological polar surface area (TPSA) is 144 Å². The van der Waals surface area contributed by atoms with Crippen molar-refractivity contribution in [2.75, 3.05) is 0 Å². The predicted molar refractivity (Wildman–Crippen MR) is 79.5 cm³/mol. The van der Waals surface area contributed by atoms with Gasteiger partial charge in [0.2, 0.25) is 0 Å². The normalized spacial score (nSPS) is 28.9. The maximum Gasteiger partial charge on any atom is 0.303 e. The molecule has 0 unspecified atom stereocenters. The summed E-state index contributed by atoms with van der Waals surface area (Å²) in [4.78, 5) is 49.3. The highest BCUT2D eigenvalue weighted by Crippen LogP contribution is 2.29. The summed E-state index contributed by atoms with van der Waals surface area (Å²) in [6.07, 6.45) is -6.94. The second-order valence-electron chi connectivity index (χ2n) is 4.79. The molecule has 0 saturated carbocycles. The van der Waals surface area contributed by atoms with E-state index in [1.165, 1.54) is 0 Å². The van der Waals surface area contributed by atoms with E-state index in [0.29, 0.717) is 0 Å². The predicted octanol–water partition coefficient (Wildman–Crippen LogP) is -0.905. The Kier molecular flexibility index (Phi) is 6.96. The van der Waals surface area contributed by atoms with Gasteiger partial charge in [0, 0.05) is 20.8 Å². The minimum Gasteiger partial charge on any atom is -0.455 e. The Morgan fingerprint density at radius 1 is 0.958 bits per heavy atom. The number of primary amides is 1. The summed E-state index contributed by atoms with van der Waals surface area (Å²) in [7, 11) is 0. The zero-order valence-corrected chi connectivity index (χ0v) is 13.9. The first-order chi connectivity index (χ1) is 11.2. The van der Waals surface area contributed by atoms with Gasteiger partial charge < -0.3 is 24.7 Å². The molecule has 0 spiro atoms. The van der Waals surface area contributed by atoms with E-state index in [4.69, 9.17) is 24.7 Å². The highest BCUT2D eigenvalue weighted by molar-refractivity contribution is 7.78. The van der Waals surface area contributed by atoms with Crippen molar-refractivity contribution < 1.29 is 38.1 Å². The lowest BCUT2D eigenvalue weighted by molar-refractivity contribution is -0.241. The van der Waals surface area contributed by atoms with Crippen molar-refractivity contribution in [3.63, 3.8) is 0 Å². The summed E-state index contributed by atoms with van der Waals surface area (Å²) >= 11 is 4.48. The van der Waals surface area contributed by atoms with Gasteiger partial charge in [-0.3, -0.25) is 19.2 Å². The number of rotatable bonds is 5. The molecule has 10 nitrogen and oxygen atoms in total. The number of carbonyl (C=O) groups is 4. The second-order valence-corrected chi connectivity index (χ2v) is 4.97. The van der Waals surface area contributed by atoms with Gasteiger partial charge in [-0.05, 0) is 12.2 Å². The minimum atomic E-state index is -1.50. The van der Waals surface area contributed by atoms with Gasteiger partial charge in [0.15, 0.2) is 30.6 Å². The van der Waals surface area contributed by atoms with Crippen LogP contribution in [0, 0.1) is 0 Å². The summed E-state index contributed by atoms with van der Waals surface area (Å²) in [6, 6.07) is 0. The minimum absolute atomic E-state index is 0.746. The van der Waals surface area contributed by atoms with Crippen LogP contribution >= 0.6 is 12.2 Å². The third-order valence-corrected chi connectivity index (χ3v) is 2.98. The van der Waals surface area contributed by atoms with E-state index < -0.39 is 54.5 Å². The van der Waals surface area contributed by atoms with Gasteiger partial charge in [0.05, 0.1) is 5.16 Å². The van der Waals surface area contributed by atoms with E-state index in [0.717, 1.165) is 20.8 Å². The molecule has 0 radical (unpaired) electrons. The van der Waals surface area contributed by atoms with Gasteiger partial charge in [-0.15, -0.1) is 0 Å². The van der Waals surface area contributed by atoms with Crippen molar-refractivity contribution >= 4 is 41.2 Å². The van der Waals surface area contributed by atoms with Crippen molar-refractivity contribution in [3.8, 4) is 0 Å². The zero-order chi connectivity index (χ0) is 18.4. The number of nitrogens with zero attached hydrogens (tertiary/aromatic N) is 1. The average Bonchev–Trinajstić information content (AvgIpc) is 2.43. The Bertz CT molecular complexity index is 561. The van der Waals surface area contributed by atoms with Crippen molar-refractivity contribution in [3.05, 3.63) is 0 Å². The number of nitrogens with two attached hydrogens (primary N) is 1. The number of carbonyl (C=O) groups excluding carboxylic acids is 4. The van der Waals surface area contributed by atoms with E-state index in [9.17, 15) is 19.2 Å². The van der Waals surface area contributed by atoms with Crippen LogP contribution in [-0.2, 0) is 38.1 Å². The molecule has 0 aromatic rings. The molecule has 1 aliphatic heterocycles. The van der Waals surface area contributed by atoms with Crippen LogP contribution in [0.3, 0.4) is 0 Å². The first kappa shape index (κ1) is 19.7. The summed E-state index contributed by atoms with van der Waals surface area (Å²) in [6.45, 7) is 3.26. The summed E-state index contributed by atoms with van der Waals surface area (Å²) in [5, 5.41) is 2.02. The number of aliphatic imine (C=N–C) groups is 1. The molecule has 0 bridgehead atoms. The van der Waals surface area contributed by atoms with Gasteiger partial charge in [0.1, 0.15) is 0 Å². The largest absolute Gasteiger partial charge is 0.455 e. The van der Waals surface area contributed by atoms with Crippen molar-refractivity contribution in [1.82, 2.24) is 0 Å². The first-order valence-corrected chi connectivity index (χ1v) is 7.11. The van der Waals surface area contributed by atoms with Crippen molar-refractivity contribution in [1.29, 1.82) is 0 Å². The van der Waals surface area contributed by atoms with Gasteiger partial charge in [-0.1, -0.05) is 0 Å². The van der Waals surface area contributed by atoms with Crippen LogP contribution in [0.2, 0.25) is 0 Å². The standard InChI is InChI=1S/C13H16N2O8S/c1-5(16)20-8-9(21-6(2)17)11(22-7(3)18)13(15-4-24)23-10(8)12(14)19/h8-11,13H,1-3H3,(H2,14,19)/t8-,9-,10-,11+,13+/m0/s1. The molecule has 0 aromatic carbocycles. The molecular weight excluding hydrogens is 344 g/mol. The fourth-order valence-corrected chi connectivity index (χ4v) is 2.28. The fraction of sp³-hybridized carbons (Fsp3) is 0.615. The lowest BCUT2D eigenvalue weighted by atomic mass is 9.96. The molecule has 0 aliphatic carbocycles. The highest BCUT2D eigenvalue weighted by atomic mass is 32.1. The molecule has 5 atom stereocenters. The number of hydrogen-bond acceptors (Lipinski definition) is 10. The summed E-state index contributed by atoms with van der Waals surface area (Å²) in [5.41, 5.74) is 5.24. The molecule has 1 fully saturated rings. The lowest BCUT2D eigenvalue weighted by Crippen LogP contribution is -2.63. The SMILES string of the molecule is CC(=O)O[C@@H]1[C@@H](OC(C)=O)[C@H](N=C=S)O[C@H](C(N)=O)[C@H]1OC(C)=O. The molecule has 1 saturated heterocycles. The number of isothiocyanates is 1. The third kappa shape index (κ3) is 5.08. The van der Waals surface area contributed by atoms with E-state index >= 15 is 0 Å². The molecule has 1 heterocycles. The van der Waals surface area contributed by atoms with Crippen LogP contribution in [0.15, 0.2) is 4.99 Å². The Labute approximate surface area is 142 Å². The Morgan fingerprint density at radius 3 is 1.83 bits per heavy atom. The monoisotopic (exact) mass is 360 g/mol. The zero-order valence-electron chi connectivity index (χ0n) is 13.1. The van der Waals surface area contributed by atoms with Gasteiger partial charge in [-0.25, -0.2) is 0 Å². The van der Waals surface area contributed by atoms with Crippen LogP contribution in [-0.4, -0.2) is 59.6 Å². The van der Waals surface area contributed by atoms with E-state index in [1.54, 1.807) is 0 Å². The van der Waals surface area contributed by atoms with E-state index in [1.807, 2.05) is 5.16 Å². The lowest BCUT2D eigenvalue weighted by Gasteiger charge is -2.41. The molecule has 1 amide bonds. The molecule has 11 heteroatoms. The molecule has 24 heavy (non-hydrogen) atoms. The van der Waals surface area contributed by atoms with Crippen LogP contribution in [0.4, 0.5) is 0 Å². The summed E-state index contributed by atoms with van der Waals surface area (Å²) < 4.78 is 20.4. The number of ether oxygens (including phenoxy) is 4. The van der Waals surface area contributed by atoms with Crippen LogP contribution in [0.1, 0.15) is 20.8 Å². The average molecular weight is 360 g/mol. The number of amides is 1. The molecule has 132 valence electrons. The van der Waals surface area contributed by atoms with Gasteiger partial charge >= 0.3 is 17.9 Å². The maximum absolute atomic E-state index is 11.6. The van der Waals surface area contributed by atoms with Crippen LogP contribution < -0.4 is 5.73 Å². The third-order valence-electron chi connectivity index (χ3n) is 2.88. The number of thiocarbonyl (C=S) groups is 1. The number of hydrogen-bond donors (Lipinski definition) is 1. The molecule has 1 aliphatic rings. The van der Waals surface area contributed by atoms with Gasteiger partial charge in [-0.2, -0.15) is 4.99 Å². The maximum atomic E-state index is 11.6. The highest BCUT2D eigenvalue weighted by Gasteiger charge is 2.53. The van der Waals surface area contributed by atoms with Crippen LogP contribution in [0.5, 0.6) is 0 Å². The Hall–Kier alpha value is -2.36. The Morgan fingerprint density at radius 2 is 1.42 bits per heavy atom. The van der Waals surface area contributed by atoms with E-state index in [-0.39, 0.29) is 0 Å². The quantitative estimate of drug-likeness (QED) is 0.285. The molecular formula is C13H16N2O8S. The molecule has 0 aromatic heterocycles. The van der Waals surface area contributed by atoms with Crippen molar-refractivity contribution in [2.45, 2.75) is 51.4 Å². The van der Waals surface area contributed by atoms with E-state index in [2.05, 4.69) is 17.2 Å². The number of esters is 3. The summed E-state index contributed by atoms with van der Waals surface area (Å²) in [5.74, 6) is -3.30. The fourth-order valence-electron chi connectivity index (χ4n) is 2.17. The van der Waals surface area contributed by atoms with Gasteiger partial charge in [0.25, 0.3) is 5.91 Å². The molecule has 1 rings (SSSR count). The van der Waals surface area contributed by atoms with Crippen LogP contribution in [0.25, 0.3) is 0 Å². The molecule has 2 N–H and O–H groups in total.